The molecule has 2 nitrogen and oxygen atoms in total. The molecule has 1 aromatic carbocycles. The molecule has 15 heavy (non-hydrogen) atoms. The summed E-state index contributed by atoms with van der Waals surface area (Å²) in [6, 6.07) is 6.43. The Morgan fingerprint density at radius 3 is 2.80 bits per heavy atom. The van der Waals surface area contributed by atoms with Crippen LogP contribution in [0.2, 0.25) is 0 Å². The van der Waals surface area contributed by atoms with Crippen LogP contribution in [0.25, 0.3) is 0 Å². The molecular formula is C11H13ClFNO. The van der Waals surface area contributed by atoms with Crippen LogP contribution in [0.15, 0.2) is 24.3 Å². The van der Waals surface area contributed by atoms with Crippen molar-refractivity contribution in [2.75, 3.05) is 13.2 Å². The highest BCUT2D eigenvalue weighted by Crippen LogP contribution is 2.15. The first kappa shape index (κ1) is 10.9. The first-order valence-electron chi connectivity index (χ1n) is 4.99. The molecule has 0 saturated carbocycles. The molecule has 2 atom stereocenters. The van der Waals surface area contributed by atoms with Gasteiger partial charge in [0.2, 0.25) is 0 Å². The van der Waals surface area contributed by atoms with Crippen molar-refractivity contribution in [1.29, 1.82) is 0 Å². The molecule has 1 aliphatic heterocycles. The molecule has 2 unspecified atom stereocenters. The number of hydrogen-bond acceptors (Lipinski definition) is 2. The number of halogens is 2. The van der Waals surface area contributed by atoms with Gasteiger partial charge in [0.15, 0.2) is 0 Å². The van der Waals surface area contributed by atoms with Crippen LogP contribution >= 0.6 is 11.6 Å². The van der Waals surface area contributed by atoms with Crippen LogP contribution in [0.1, 0.15) is 5.56 Å². The monoisotopic (exact) mass is 229 g/mol. The average Bonchev–Trinajstić information content (AvgIpc) is 2.25. The van der Waals surface area contributed by atoms with E-state index in [0.29, 0.717) is 13.0 Å². The minimum absolute atomic E-state index is 0.0362. The van der Waals surface area contributed by atoms with E-state index in [4.69, 9.17) is 16.3 Å². The molecule has 0 radical (unpaired) electrons. The van der Waals surface area contributed by atoms with Crippen LogP contribution in [0.5, 0.6) is 0 Å². The molecule has 2 rings (SSSR count). The van der Waals surface area contributed by atoms with Crippen molar-refractivity contribution in [2.45, 2.75) is 18.0 Å². The topological polar surface area (TPSA) is 21.3 Å². The second-order valence-corrected chi connectivity index (χ2v) is 4.07. The van der Waals surface area contributed by atoms with Gasteiger partial charge in [0.1, 0.15) is 11.3 Å². The molecule has 0 amide bonds. The minimum atomic E-state index is -0.219. The summed E-state index contributed by atoms with van der Waals surface area (Å²) in [6.45, 7) is 1.46. The maximum absolute atomic E-state index is 12.7. The van der Waals surface area contributed by atoms with Gasteiger partial charge in [-0.15, -0.1) is 11.6 Å². The first-order valence-corrected chi connectivity index (χ1v) is 5.43. The lowest BCUT2D eigenvalue weighted by atomic mass is 10.1. The normalized spacial score (nSPS) is 26.5. The Hall–Kier alpha value is -0.640. The van der Waals surface area contributed by atoms with Gasteiger partial charge in [0.05, 0.1) is 12.7 Å². The molecule has 1 fully saturated rings. The fourth-order valence-corrected chi connectivity index (χ4v) is 1.91. The van der Waals surface area contributed by atoms with E-state index in [1.807, 2.05) is 0 Å². The van der Waals surface area contributed by atoms with Crippen molar-refractivity contribution in [2.24, 2.45) is 0 Å². The molecule has 0 aliphatic carbocycles. The quantitative estimate of drug-likeness (QED) is 0.618. The van der Waals surface area contributed by atoms with Gasteiger partial charge in [0, 0.05) is 13.0 Å². The Balaban J connectivity index is 1.98. The Labute approximate surface area is 93.4 Å². The van der Waals surface area contributed by atoms with E-state index < -0.39 is 0 Å². The number of morpholine rings is 1. The van der Waals surface area contributed by atoms with Crippen LogP contribution < -0.4 is 5.32 Å². The van der Waals surface area contributed by atoms with Gasteiger partial charge >= 0.3 is 0 Å². The van der Waals surface area contributed by atoms with Gasteiger partial charge in [-0.25, -0.2) is 4.39 Å². The van der Waals surface area contributed by atoms with Crippen molar-refractivity contribution in [3.05, 3.63) is 35.6 Å². The zero-order valence-corrected chi connectivity index (χ0v) is 9.01. The number of rotatable bonds is 2. The van der Waals surface area contributed by atoms with E-state index in [1.165, 1.54) is 12.1 Å². The molecule has 0 aromatic heterocycles. The highest BCUT2D eigenvalue weighted by molar-refractivity contribution is 6.20. The molecule has 1 saturated heterocycles. The van der Waals surface area contributed by atoms with E-state index in [-0.39, 0.29) is 17.4 Å². The number of hydrogen-bond donors (Lipinski definition) is 1. The number of nitrogens with one attached hydrogen (secondary N) is 1. The second kappa shape index (κ2) is 4.92. The third-order valence-electron chi connectivity index (χ3n) is 2.45. The van der Waals surface area contributed by atoms with Crippen molar-refractivity contribution in [1.82, 2.24) is 5.32 Å². The van der Waals surface area contributed by atoms with Gasteiger partial charge in [-0.2, -0.15) is 0 Å². The van der Waals surface area contributed by atoms with Crippen molar-refractivity contribution in [3.8, 4) is 0 Å². The Kier molecular flexibility index (Phi) is 3.57. The van der Waals surface area contributed by atoms with Crippen LogP contribution in [0.4, 0.5) is 4.39 Å². The van der Waals surface area contributed by atoms with Gasteiger partial charge < -0.3 is 4.74 Å². The lowest BCUT2D eigenvalue weighted by Crippen LogP contribution is -2.45. The largest absolute Gasteiger partial charge is 0.374 e. The van der Waals surface area contributed by atoms with E-state index in [1.54, 1.807) is 12.1 Å². The fourth-order valence-electron chi connectivity index (χ4n) is 1.64. The van der Waals surface area contributed by atoms with Crippen LogP contribution in [0.3, 0.4) is 0 Å². The van der Waals surface area contributed by atoms with Gasteiger partial charge in [-0.3, -0.25) is 5.32 Å². The summed E-state index contributed by atoms with van der Waals surface area (Å²) < 4.78 is 18.2. The van der Waals surface area contributed by atoms with Crippen LogP contribution in [-0.4, -0.2) is 24.8 Å². The highest BCUT2D eigenvalue weighted by atomic mass is 35.5. The summed E-state index contributed by atoms with van der Waals surface area (Å²) in [5.74, 6) is -0.219. The molecule has 0 bridgehead atoms. The summed E-state index contributed by atoms with van der Waals surface area (Å²) in [5, 5.41) is 3.13. The second-order valence-electron chi connectivity index (χ2n) is 3.60. The molecule has 1 heterocycles. The summed E-state index contributed by atoms with van der Waals surface area (Å²) in [7, 11) is 0. The van der Waals surface area contributed by atoms with Crippen molar-refractivity contribution >= 4 is 11.6 Å². The third-order valence-corrected chi connectivity index (χ3v) is 2.89. The molecule has 82 valence electrons. The molecule has 4 heteroatoms. The van der Waals surface area contributed by atoms with Gasteiger partial charge in [-0.05, 0) is 17.7 Å². The first-order chi connectivity index (χ1) is 7.25. The van der Waals surface area contributed by atoms with E-state index >= 15 is 0 Å². The highest BCUT2D eigenvalue weighted by Gasteiger charge is 2.23. The van der Waals surface area contributed by atoms with Crippen LogP contribution in [-0.2, 0) is 11.2 Å². The summed E-state index contributed by atoms with van der Waals surface area (Å²) >= 11 is 6.05. The standard InChI is InChI=1S/C11H13ClFNO/c12-11-10(15-6-5-14-11)7-8-1-3-9(13)4-2-8/h1-4,10-11,14H,5-7H2. The van der Waals surface area contributed by atoms with Crippen LogP contribution in [0, 0.1) is 5.82 Å². The number of ether oxygens (including phenoxy) is 1. The Morgan fingerprint density at radius 1 is 1.40 bits per heavy atom. The molecular weight excluding hydrogens is 217 g/mol. The van der Waals surface area contributed by atoms with Gasteiger partial charge in [0.25, 0.3) is 0 Å². The van der Waals surface area contributed by atoms with Gasteiger partial charge in [-0.1, -0.05) is 12.1 Å². The predicted octanol–water partition coefficient (Wildman–Crippen LogP) is 1.92. The lowest BCUT2D eigenvalue weighted by Gasteiger charge is -2.28. The molecule has 0 spiro atoms. The summed E-state index contributed by atoms with van der Waals surface area (Å²) in [5.41, 5.74) is 0.875. The maximum Gasteiger partial charge on any atom is 0.123 e. The third kappa shape index (κ3) is 2.91. The van der Waals surface area contributed by atoms with Crippen molar-refractivity contribution < 1.29 is 9.13 Å². The molecule has 1 aliphatic rings. The molecule has 1 aromatic rings. The fraction of sp³-hybridized carbons (Fsp3) is 0.455. The van der Waals surface area contributed by atoms with E-state index in [9.17, 15) is 4.39 Å². The predicted molar refractivity (Wildman–Crippen MR) is 57.5 cm³/mol. The average molecular weight is 230 g/mol. The zero-order valence-electron chi connectivity index (χ0n) is 8.25. The Bertz CT molecular complexity index is 317. The number of benzene rings is 1. The minimum Gasteiger partial charge on any atom is -0.374 e. The number of alkyl halides is 1. The van der Waals surface area contributed by atoms with E-state index in [2.05, 4.69) is 5.32 Å². The SMILES string of the molecule is Fc1ccc(CC2OCCNC2Cl)cc1. The van der Waals surface area contributed by atoms with Crippen molar-refractivity contribution in [3.63, 3.8) is 0 Å². The smallest absolute Gasteiger partial charge is 0.123 e. The lowest BCUT2D eigenvalue weighted by molar-refractivity contribution is 0.0180. The summed E-state index contributed by atoms with van der Waals surface area (Å²) in [4.78, 5) is 0. The van der Waals surface area contributed by atoms with E-state index in [0.717, 1.165) is 12.1 Å². The zero-order chi connectivity index (χ0) is 10.7. The maximum atomic E-state index is 12.7. The molecule has 1 N–H and O–H groups in total. The summed E-state index contributed by atoms with van der Waals surface area (Å²) in [6.07, 6.45) is 0.674. The Morgan fingerprint density at radius 2 is 2.13 bits per heavy atom.